The van der Waals surface area contributed by atoms with E-state index in [1.54, 1.807) is 25.1 Å². The number of methoxy groups -OCH3 is 1. The Morgan fingerprint density at radius 3 is 2.76 bits per heavy atom. The predicted octanol–water partition coefficient (Wildman–Crippen LogP) is 2.14. The van der Waals surface area contributed by atoms with E-state index in [-0.39, 0.29) is 16.4 Å². The summed E-state index contributed by atoms with van der Waals surface area (Å²) in [4.78, 5) is 26.7. The normalized spacial score (nSPS) is 18.2. The zero-order valence-electron chi connectivity index (χ0n) is 11.4. The second kappa shape index (κ2) is 5.96. The highest BCUT2D eigenvalue weighted by molar-refractivity contribution is 8.14. The van der Waals surface area contributed by atoms with E-state index in [1.165, 1.54) is 13.2 Å². The fourth-order valence-electron chi connectivity index (χ4n) is 2.08. The standard InChI is InChI=1S/C13H13N3O4S/c1-7-10(12(17)20-2)11(21-13(14)15-7)8-5-3-4-6-9(8)16(18)19/h3-6,11H,1-2H3,(H2,14,15). The Labute approximate surface area is 125 Å². The number of carbonyl (C=O) groups is 1. The first-order chi connectivity index (χ1) is 9.95. The highest BCUT2D eigenvalue weighted by Crippen LogP contribution is 2.44. The van der Waals surface area contributed by atoms with Gasteiger partial charge in [0, 0.05) is 11.6 Å². The third-order valence-corrected chi connectivity index (χ3v) is 4.05. The number of hydrogen-bond acceptors (Lipinski definition) is 7. The van der Waals surface area contributed by atoms with Crippen molar-refractivity contribution in [2.45, 2.75) is 12.2 Å². The van der Waals surface area contributed by atoms with Gasteiger partial charge in [0.1, 0.15) is 0 Å². The first-order valence-corrected chi connectivity index (χ1v) is 6.87. The fraction of sp³-hybridized carbons (Fsp3) is 0.231. The number of allylic oxidation sites excluding steroid dienone is 1. The Kier molecular flexibility index (Phi) is 4.27. The Morgan fingerprint density at radius 1 is 1.48 bits per heavy atom. The first-order valence-electron chi connectivity index (χ1n) is 5.99. The quantitative estimate of drug-likeness (QED) is 0.520. The van der Waals surface area contributed by atoms with Crippen molar-refractivity contribution in [2.75, 3.05) is 7.11 Å². The summed E-state index contributed by atoms with van der Waals surface area (Å²) in [5.74, 6) is -0.570. The van der Waals surface area contributed by atoms with Gasteiger partial charge in [-0.15, -0.1) is 0 Å². The molecule has 8 heteroatoms. The summed E-state index contributed by atoms with van der Waals surface area (Å²) in [6.45, 7) is 1.63. The molecule has 7 nitrogen and oxygen atoms in total. The molecule has 1 aliphatic heterocycles. The minimum atomic E-state index is -0.614. The molecule has 1 aliphatic rings. The number of esters is 1. The van der Waals surface area contributed by atoms with Crippen molar-refractivity contribution in [2.24, 2.45) is 10.7 Å². The highest BCUT2D eigenvalue weighted by atomic mass is 32.2. The number of nitrogens with two attached hydrogens (primary N) is 1. The maximum atomic E-state index is 12.0. The van der Waals surface area contributed by atoms with Crippen LogP contribution in [0.3, 0.4) is 0 Å². The maximum absolute atomic E-state index is 12.0. The molecule has 1 unspecified atom stereocenters. The van der Waals surface area contributed by atoms with E-state index in [9.17, 15) is 14.9 Å². The van der Waals surface area contributed by atoms with Crippen LogP contribution >= 0.6 is 11.8 Å². The third-order valence-electron chi connectivity index (χ3n) is 2.99. The SMILES string of the molecule is COC(=O)C1=C(C)N=C(N)SC1c1ccccc1[N+](=O)[O-]. The highest BCUT2D eigenvalue weighted by Gasteiger charge is 2.34. The first kappa shape index (κ1) is 15.0. The minimum Gasteiger partial charge on any atom is -0.466 e. The second-order valence-electron chi connectivity index (χ2n) is 4.25. The molecule has 0 fully saturated rings. The van der Waals surface area contributed by atoms with Crippen molar-refractivity contribution in [3.05, 3.63) is 51.2 Å². The van der Waals surface area contributed by atoms with Crippen LogP contribution in [-0.4, -0.2) is 23.2 Å². The van der Waals surface area contributed by atoms with Crippen molar-refractivity contribution >= 4 is 28.6 Å². The van der Waals surface area contributed by atoms with Crippen molar-refractivity contribution in [1.82, 2.24) is 0 Å². The van der Waals surface area contributed by atoms with Crippen LogP contribution in [0.2, 0.25) is 0 Å². The number of thioether (sulfide) groups is 1. The van der Waals surface area contributed by atoms with Gasteiger partial charge in [-0.3, -0.25) is 10.1 Å². The lowest BCUT2D eigenvalue weighted by Crippen LogP contribution is -2.22. The number of benzene rings is 1. The van der Waals surface area contributed by atoms with E-state index < -0.39 is 16.1 Å². The molecule has 0 bridgehead atoms. The molecule has 2 N–H and O–H groups in total. The summed E-state index contributed by atoms with van der Waals surface area (Å²) in [5, 5.41) is 10.8. The van der Waals surface area contributed by atoms with Crippen molar-refractivity contribution in [3.8, 4) is 0 Å². The molecule has 0 saturated carbocycles. The van der Waals surface area contributed by atoms with Crippen LogP contribution < -0.4 is 5.73 Å². The van der Waals surface area contributed by atoms with E-state index in [1.807, 2.05) is 0 Å². The Balaban J connectivity index is 2.60. The average Bonchev–Trinajstić information content (AvgIpc) is 2.45. The van der Waals surface area contributed by atoms with Gasteiger partial charge in [0.2, 0.25) is 0 Å². The number of para-hydroxylation sites is 1. The van der Waals surface area contributed by atoms with E-state index in [0.29, 0.717) is 11.3 Å². The lowest BCUT2D eigenvalue weighted by atomic mass is 10.0. The van der Waals surface area contributed by atoms with Crippen LogP contribution in [0.25, 0.3) is 0 Å². The zero-order valence-corrected chi connectivity index (χ0v) is 12.2. The molecule has 0 saturated heterocycles. The Morgan fingerprint density at radius 2 is 2.14 bits per heavy atom. The molecule has 0 aliphatic carbocycles. The van der Waals surface area contributed by atoms with E-state index >= 15 is 0 Å². The van der Waals surface area contributed by atoms with Crippen LogP contribution in [-0.2, 0) is 9.53 Å². The molecular formula is C13H13N3O4S. The van der Waals surface area contributed by atoms with Gasteiger partial charge in [-0.1, -0.05) is 30.0 Å². The van der Waals surface area contributed by atoms with Crippen molar-refractivity contribution in [3.63, 3.8) is 0 Å². The van der Waals surface area contributed by atoms with Gasteiger partial charge < -0.3 is 10.5 Å². The van der Waals surface area contributed by atoms with Crippen LogP contribution in [0.4, 0.5) is 5.69 Å². The Bertz CT molecular complexity index is 669. The molecular weight excluding hydrogens is 294 g/mol. The molecule has 21 heavy (non-hydrogen) atoms. The number of nitro groups is 1. The molecule has 1 aromatic rings. The van der Waals surface area contributed by atoms with Crippen molar-refractivity contribution in [1.29, 1.82) is 0 Å². The fourth-order valence-corrected chi connectivity index (χ4v) is 3.22. The van der Waals surface area contributed by atoms with Gasteiger partial charge in [-0.2, -0.15) is 0 Å². The number of nitrogens with zero attached hydrogens (tertiary/aromatic N) is 2. The number of aliphatic imine (C=N–C) groups is 1. The molecule has 1 atom stereocenters. The number of hydrogen-bond donors (Lipinski definition) is 1. The van der Waals surface area contributed by atoms with Gasteiger partial charge in [0.15, 0.2) is 5.17 Å². The van der Waals surface area contributed by atoms with E-state index in [0.717, 1.165) is 11.8 Å². The second-order valence-corrected chi connectivity index (χ2v) is 5.38. The predicted molar refractivity (Wildman–Crippen MR) is 79.8 cm³/mol. The number of amidine groups is 1. The molecule has 110 valence electrons. The minimum absolute atomic E-state index is 0.0705. The van der Waals surface area contributed by atoms with Crippen LogP contribution in [0.15, 0.2) is 40.5 Å². The molecule has 0 amide bonds. The summed E-state index contributed by atoms with van der Waals surface area (Å²) in [7, 11) is 1.26. The summed E-state index contributed by atoms with van der Waals surface area (Å²) in [6.07, 6.45) is 0. The monoisotopic (exact) mass is 307 g/mol. The lowest BCUT2D eigenvalue weighted by Gasteiger charge is -2.23. The van der Waals surface area contributed by atoms with Crippen LogP contribution in [0, 0.1) is 10.1 Å². The molecule has 0 aromatic heterocycles. The van der Waals surface area contributed by atoms with Gasteiger partial charge >= 0.3 is 5.97 Å². The number of carbonyl (C=O) groups excluding carboxylic acids is 1. The number of ether oxygens (including phenoxy) is 1. The van der Waals surface area contributed by atoms with E-state index in [4.69, 9.17) is 10.5 Å². The molecule has 2 rings (SSSR count). The zero-order chi connectivity index (χ0) is 15.6. The summed E-state index contributed by atoms with van der Waals surface area (Å²) in [5.41, 5.74) is 6.74. The average molecular weight is 307 g/mol. The summed E-state index contributed by atoms with van der Waals surface area (Å²) >= 11 is 1.09. The van der Waals surface area contributed by atoms with Gasteiger partial charge in [0.05, 0.1) is 28.6 Å². The Hall–Kier alpha value is -2.35. The molecule has 0 spiro atoms. The largest absolute Gasteiger partial charge is 0.466 e. The van der Waals surface area contributed by atoms with Gasteiger partial charge in [-0.05, 0) is 6.92 Å². The van der Waals surface area contributed by atoms with Gasteiger partial charge in [0.25, 0.3) is 5.69 Å². The number of nitro benzene ring substituents is 1. The van der Waals surface area contributed by atoms with Crippen LogP contribution in [0.5, 0.6) is 0 Å². The molecule has 1 heterocycles. The lowest BCUT2D eigenvalue weighted by molar-refractivity contribution is -0.385. The molecule has 0 radical (unpaired) electrons. The summed E-state index contributed by atoms with van der Waals surface area (Å²) < 4.78 is 4.76. The number of rotatable bonds is 3. The summed E-state index contributed by atoms with van der Waals surface area (Å²) in [6, 6.07) is 6.24. The van der Waals surface area contributed by atoms with Gasteiger partial charge in [-0.25, -0.2) is 9.79 Å². The van der Waals surface area contributed by atoms with Crippen LogP contribution in [0.1, 0.15) is 17.7 Å². The topological polar surface area (TPSA) is 108 Å². The smallest absolute Gasteiger partial charge is 0.337 e. The van der Waals surface area contributed by atoms with E-state index in [2.05, 4.69) is 4.99 Å². The third kappa shape index (κ3) is 2.89. The maximum Gasteiger partial charge on any atom is 0.337 e. The van der Waals surface area contributed by atoms with Crippen molar-refractivity contribution < 1.29 is 14.5 Å². The molecule has 1 aromatic carbocycles.